The van der Waals surface area contributed by atoms with Crippen molar-refractivity contribution >= 4 is 0 Å². The Labute approximate surface area is 73.7 Å². The maximum atomic E-state index is 9.33. The lowest BCUT2D eigenvalue weighted by Gasteiger charge is -2.40. The maximum Gasteiger partial charge on any atom is 0.110 e. The molecular formula is C9H18O3. The first-order valence-electron chi connectivity index (χ1n) is 4.70. The van der Waals surface area contributed by atoms with Crippen molar-refractivity contribution in [2.24, 2.45) is 0 Å². The molecule has 3 heteroatoms. The van der Waals surface area contributed by atoms with Gasteiger partial charge in [-0.05, 0) is 13.3 Å². The molecule has 1 aliphatic carbocycles. The van der Waals surface area contributed by atoms with Crippen molar-refractivity contribution in [1.29, 1.82) is 0 Å². The minimum atomic E-state index is -0.312. The van der Waals surface area contributed by atoms with E-state index in [2.05, 4.69) is 6.92 Å². The van der Waals surface area contributed by atoms with Crippen LogP contribution >= 0.6 is 0 Å². The van der Waals surface area contributed by atoms with Crippen molar-refractivity contribution < 1.29 is 14.6 Å². The Morgan fingerprint density at radius 3 is 2.58 bits per heavy atom. The second-order valence-corrected chi connectivity index (χ2v) is 3.13. The average molecular weight is 174 g/mol. The molecule has 1 N–H and O–H groups in total. The summed E-state index contributed by atoms with van der Waals surface area (Å²) in [5.41, 5.74) is 0. The minimum Gasteiger partial charge on any atom is -0.390 e. The van der Waals surface area contributed by atoms with Crippen LogP contribution < -0.4 is 0 Å². The van der Waals surface area contributed by atoms with Crippen LogP contribution in [0.3, 0.4) is 0 Å². The third-order valence-electron chi connectivity index (χ3n) is 2.11. The van der Waals surface area contributed by atoms with Crippen LogP contribution in [-0.4, -0.2) is 36.6 Å². The molecule has 0 saturated heterocycles. The number of ether oxygens (including phenoxy) is 2. The Kier molecular flexibility index (Phi) is 3.98. The third-order valence-corrected chi connectivity index (χ3v) is 2.11. The Morgan fingerprint density at radius 1 is 1.33 bits per heavy atom. The largest absolute Gasteiger partial charge is 0.390 e. The SMILES string of the molecule is CCCOC1C(O)CC1OCC. The van der Waals surface area contributed by atoms with Crippen LogP contribution in [0.1, 0.15) is 26.7 Å². The molecule has 72 valence electrons. The lowest BCUT2D eigenvalue weighted by Crippen LogP contribution is -2.53. The summed E-state index contributed by atoms with van der Waals surface area (Å²) in [5.74, 6) is 0. The van der Waals surface area contributed by atoms with E-state index in [-0.39, 0.29) is 18.3 Å². The zero-order valence-corrected chi connectivity index (χ0v) is 7.82. The Morgan fingerprint density at radius 2 is 2.08 bits per heavy atom. The molecule has 0 aromatic carbocycles. The molecule has 0 aromatic heterocycles. The van der Waals surface area contributed by atoms with Gasteiger partial charge in [-0.15, -0.1) is 0 Å². The van der Waals surface area contributed by atoms with Crippen molar-refractivity contribution in [3.05, 3.63) is 0 Å². The smallest absolute Gasteiger partial charge is 0.110 e. The fourth-order valence-electron chi connectivity index (χ4n) is 1.41. The Balaban J connectivity index is 2.19. The van der Waals surface area contributed by atoms with Gasteiger partial charge in [-0.1, -0.05) is 6.92 Å². The van der Waals surface area contributed by atoms with Crippen molar-refractivity contribution in [2.75, 3.05) is 13.2 Å². The van der Waals surface area contributed by atoms with Gasteiger partial charge in [-0.2, -0.15) is 0 Å². The molecule has 0 heterocycles. The summed E-state index contributed by atoms with van der Waals surface area (Å²) >= 11 is 0. The van der Waals surface area contributed by atoms with Gasteiger partial charge in [0.2, 0.25) is 0 Å². The van der Waals surface area contributed by atoms with Gasteiger partial charge in [0, 0.05) is 19.6 Å². The summed E-state index contributed by atoms with van der Waals surface area (Å²) in [6, 6.07) is 0. The normalized spacial score (nSPS) is 34.8. The van der Waals surface area contributed by atoms with Gasteiger partial charge in [-0.3, -0.25) is 0 Å². The minimum absolute atomic E-state index is 0.0788. The molecule has 0 spiro atoms. The van der Waals surface area contributed by atoms with Crippen LogP contribution in [0.5, 0.6) is 0 Å². The van der Waals surface area contributed by atoms with E-state index >= 15 is 0 Å². The van der Waals surface area contributed by atoms with E-state index in [1.807, 2.05) is 6.92 Å². The fraction of sp³-hybridized carbons (Fsp3) is 1.00. The summed E-state index contributed by atoms with van der Waals surface area (Å²) in [6.45, 7) is 5.43. The van der Waals surface area contributed by atoms with Crippen LogP contribution in [0, 0.1) is 0 Å². The summed E-state index contributed by atoms with van der Waals surface area (Å²) in [4.78, 5) is 0. The second-order valence-electron chi connectivity index (χ2n) is 3.13. The predicted octanol–water partition coefficient (Wildman–Crippen LogP) is 0.951. The third kappa shape index (κ3) is 2.19. The highest BCUT2D eigenvalue weighted by Gasteiger charge is 2.41. The van der Waals surface area contributed by atoms with Crippen molar-refractivity contribution in [3.8, 4) is 0 Å². The van der Waals surface area contributed by atoms with E-state index in [9.17, 15) is 5.11 Å². The van der Waals surface area contributed by atoms with Gasteiger partial charge in [0.1, 0.15) is 6.10 Å². The van der Waals surface area contributed by atoms with Crippen molar-refractivity contribution in [2.45, 2.75) is 45.0 Å². The Hall–Kier alpha value is -0.120. The maximum absolute atomic E-state index is 9.33. The van der Waals surface area contributed by atoms with Crippen molar-refractivity contribution in [3.63, 3.8) is 0 Å². The number of hydrogen-bond acceptors (Lipinski definition) is 3. The molecule has 3 nitrogen and oxygen atoms in total. The first-order valence-corrected chi connectivity index (χ1v) is 4.70. The monoisotopic (exact) mass is 174 g/mol. The first-order chi connectivity index (χ1) is 5.79. The molecule has 0 radical (unpaired) electrons. The number of rotatable bonds is 5. The zero-order chi connectivity index (χ0) is 8.97. The second kappa shape index (κ2) is 4.80. The predicted molar refractivity (Wildman–Crippen MR) is 46.1 cm³/mol. The molecule has 1 saturated carbocycles. The molecule has 0 aromatic rings. The van der Waals surface area contributed by atoms with Gasteiger partial charge < -0.3 is 14.6 Å². The molecule has 0 bridgehead atoms. The van der Waals surface area contributed by atoms with E-state index in [0.717, 1.165) is 12.8 Å². The first kappa shape index (κ1) is 9.96. The fourth-order valence-corrected chi connectivity index (χ4v) is 1.41. The summed E-state index contributed by atoms with van der Waals surface area (Å²) in [7, 11) is 0. The summed E-state index contributed by atoms with van der Waals surface area (Å²) in [5, 5.41) is 9.33. The highest BCUT2D eigenvalue weighted by Crippen LogP contribution is 2.27. The van der Waals surface area contributed by atoms with Gasteiger partial charge in [0.15, 0.2) is 0 Å². The van der Waals surface area contributed by atoms with Crippen molar-refractivity contribution in [1.82, 2.24) is 0 Å². The van der Waals surface area contributed by atoms with E-state index in [1.165, 1.54) is 0 Å². The van der Waals surface area contributed by atoms with Crippen LogP contribution in [-0.2, 0) is 9.47 Å². The summed E-state index contributed by atoms with van der Waals surface area (Å²) in [6.07, 6.45) is 1.44. The number of aliphatic hydroxyl groups excluding tert-OH is 1. The van der Waals surface area contributed by atoms with Gasteiger partial charge >= 0.3 is 0 Å². The van der Waals surface area contributed by atoms with Crippen LogP contribution in [0.4, 0.5) is 0 Å². The molecule has 12 heavy (non-hydrogen) atoms. The topological polar surface area (TPSA) is 38.7 Å². The lowest BCUT2D eigenvalue weighted by molar-refractivity contribution is -0.190. The van der Waals surface area contributed by atoms with Crippen LogP contribution in [0.15, 0.2) is 0 Å². The molecule has 0 amide bonds. The highest BCUT2D eigenvalue weighted by atomic mass is 16.6. The van der Waals surface area contributed by atoms with Crippen LogP contribution in [0.25, 0.3) is 0 Å². The Bertz CT molecular complexity index is 125. The zero-order valence-electron chi connectivity index (χ0n) is 7.82. The van der Waals surface area contributed by atoms with E-state index in [1.54, 1.807) is 0 Å². The average Bonchev–Trinajstić information content (AvgIpc) is 2.05. The molecule has 0 aliphatic heterocycles. The molecule has 3 atom stereocenters. The molecule has 1 aliphatic rings. The van der Waals surface area contributed by atoms with Gasteiger partial charge in [0.05, 0.1) is 12.2 Å². The number of aliphatic hydroxyl groups is 1. The molecule has 3 unspecified atom stereocenters. The number of hydrogen-bond donors (Lipinski definition) is 1. The van der Waals surface area contributed by atoms with E-state index in [4.69, 9.17) is 9.47 Å². The van der Waals surface area contributed by atoms with Crippen LogP contribution in [0.2, 0.25) is 0 Å². The molecule has 1 fully saturated rings. The molecule has 1 rings (SSSR count). The van der Waals surface area contributed by atoms with Gasteiger partial charge in [-0.25, -0.2) is 0 Å². The standard InChI is InChI=1S/C9H18O3/c1-3-5-12-9-7(10)6-8(9)11-4-2/h7-10H,3-6H2,1-2H3. The molecular weight excluding hydrogens is 156 g/mol. The van der Waals surface area contributed by atoms with E-state index in [0.29, 0.717) is 13.2 Å². The van der Waals surface area contributed by atoms with E-state index < -0.39 is 0 Å². The highest BCUT2D eigenvalue weighted by molar-refractivity contribution is 4.91. The lowest BCUT2D eigenvalue weighted by atomic mass is 9.88. The summed E-state index contributed by atoms with van der Waals surface area (Å²) < 4.78 is 10.8. The van der Waals surface area contributed by atoms with Gasteiger partial charge in [0.25, 0.3) is 0 Å². The quantitative estimate of drug-likeness (QED) is 0.674.